The Morgan fingerprint density at radius 2 is 1.88 bits per heavy atom. The van der Waals surface area contributed by atoms with Crippen LogP contribution in [0.2, 0.25) is 0 Å². The van der Waals surface area contributed by atoms with Crippen LogP contribution in [0.15, 0.2) is 36.4 Å². The number of hydrogen-bond acceptors (Lipinski definition) is 3. The van der Waals surface area contributed by atoms with E-state index in [4.69, 9.17) is 15.2 Å². The largest absolute Gasteiger partial charge is 0.493 e. The summed E-state index contributed by atoms with van der Waals surface area (Å²) >= 11 is 0. The van der Waals surface area contributed by atoms with Crippen molar-refractivity contribution < 1.29 is 9.47 Å². The highest BCUT2D eigenvalue weighted by Crippen LogP contribution is 2.41. The molecule has 1 aromatic heterocycles. The van der Waals surface area contributed by atoms with Gasteiger partial charge in [0, 0.05) is 16.5 Å². The van der Waals surface area contributed by atoms with Gasteiger partial charge < -0.3 is 20.2 Å². The summed E-state index contributed by atoms with van der Waals surface area (Å²) < 4.78 is 11.1. The molecule has 2 aromatic carbocycles. The zero-order chi connectivity index (χ0) is 17.8. The number of aryl methyl sites for hydroxylation is 2. The smallest absolute Gasteiger partial charge is 0.170 e. The summed E-state index contributed by atoms with van der Waals surface area (Å²) in [4.78, 5) is 3.59. The minimum Gasteiger partial charge on any atom is -0.493 e. The maximum Gasteiger partial charge on any atom is 0.170 e. The zero-order valence-electron chi connectivity index (χ0n) is 15.2. The van der Waals surface area contributed by atoms with E-state index in [1.54, 1.807) is 14.2 Å². The monoisotopic (exact) mass is 338 g/mol. The van der Waals surface area contributed by atoms with E-state index in [2.05, 4.69) is 36.2 Å². The topological polar surface area (TPSA) is 60.3 Å². The summed E-state index contributed by atoms with van der Waals surface area (Å²) in [6.45, 7) is 2.85. The molecular formula is C21H26N2O2. The lowest BCUT2D eigenvalue weighted by atomic mass is 9.99. The van der Waals surface area contributed by atoms with E-state index >= 15 is 0 Å². The van der Waals surface area contributed by atoms with Crippen LogP contribution in [0, 0.1) is 6.92 Å². The molecule has 0 fully saturated rings. The third kappa shape index (κ3) is 3.35. The van der Waals surface area contributed by atoms with Gasteiger partial charge in [-0.15, -0.1) is 0 Å². The summed E-state index contributed by atoms with van der Waals surface area (Å²) in [5.41, 5.74) is 11.5. The van der Waals surface area contributed by atoms with Crippen molar-refractivity contribution in [3.8, 4) is 22.8 Å². The Morgan fingerprint density at radius 1 is 1.04 bits per heavy atom. The maximum atomic E-state index is 5.69. The first-order valence-electron chi connectivity index (χ1n) is 8.72. The third-order valence-electron chi connectivity index (χ3n) is 4.61. The van der Waals surface area contributed by atoms with Gasteiger partial charge in [0.15, 0.2) is 11.5 Å². The fourth-order valence-electron chi connectivity index (χ4n) is 3.38. The lowest BCUT2D eigenvalue weighted by Crippen LogP contribution is -2.00. The number of benzene rings is 2. The summed E-state index contributed by atoms with van der Waals surface area (Å²) in [5, 5.41) is 1.27. The van der Waals surface area contributed by atoms with E-state index in [-0.39, 0.29) is 0 Å². The Morgan fingerprint density at radius 3 is 2.60 bits per heavy atom. The Labute approximate surface area is 149 Å². The number of hydrogen-bond donors (Lipinski definition) is 2. The normalized spacial score (nSPS) is 11.0. The van der Waals surface area contributed by atoms with Crippen LogP contribution in [0.3, 0.4) is 0 Å². The molecule has 0 amide bonds. The fourth-order valence-corrected chi connectivity index (χ4v) is 3.38. The van der Waals surface area contributed by atoms with Crippen molar-refractivity contribution in [2.24, 2.45) is 5.73 Å². The first-order valence-corrected chi connectivity index (χ1v) is 8.72. The predicted molar refractivity (Wildman–Crippen MR) is 104 cm³/mol. The van der Waals surface area contributed by atoms with Gasteiger partial charge in [0.2, 0.25) is 0 Å². The molecule has 3 aromatic rings. The van der Waals surface area contributed by atoms with Gasteiger partial charge in [0.25, 0.3) is 0 Å². The van der Waals surface area contributed by atoms with Gasteiger partial charge in [-0.25, -0.2) is 0 Å². The minimum atomic E-state index is 0.721. The van der Waals surface area contributed by atoms with Crippen LogP contribution < -0.4 is 15.2 Å². The number of methoxy groups -OCH3 is 2. The molecule has 0 atom stereocenters. The molecule has 1 heterocycles. The standard InChI is InChI=1S/C21H26N2O2/c1-14-10-11-18-17(13-14)15(7-4-5-12-22)20(23-18)16-8-6-9-19(24-2)21(16)25-3/h6,8-11,13,23H,4-5,7,12,22H2,1-3H3. The van der Waals surface area contributed by atoms with Crippen LogP contribution in [-0.4, -0.2) is 25.7 Å². The maximum absolute atomic E-state index is 5.69. The van der Waals surface area contributed by atoms with Gasteiger partial charge in [-0.05, 0) is 62.6 Å². The van der Waals surface area contributed by atoms with Crippen LogP contribution in [0.1, 0.15) is 24.0 Å². The van der Waals surface area contributed by atoms with Crippen LogP contribution in [0.25, 0.3) is 22.2 Å². The number of para-hydroxylation sites is 1. The molecule has 25 heavy (non-hydrogen) atoms. The predicted octanol–water partition coefficient (Wildman–Crippen LogP) is 4.44. The lowest BCUT2D eigenvalue weighted by Gasteiger charge is -2.13. The highest BCUT2D eigenvalue weighted by Gasteiger charge is 2.18. The lowest BCUT2D eigenvalue weighted by molar-refractivity contribution is 0.356. The van der Waals surface area contributed by atoms with Crippen molar-refractivity contribution in [3.05, 3.63) is 47.5 Å². The van der Waals surface area contributed by atoms with E-state index in [1.165, 1.54) is 16.5 Å². The fraction of sp³-hybridized carbons (Fsp3) is 0.333. The van der Waals surface area contributed by atoms with Crippen molar-refractivity contribution in [1.82, 2.24) is 4.98 Å². The first kappa shape index (κ1) is 17.4. The Kier molecular flexibility index (Phi) is 5.29. The SMILES string of the molecule is COc1cccc(-c2[nH]c3ccc(C)cc3c2CCCCN)c1OC. The average molecular weight is 338 g/mol. The molecular weight excluding hydrogens is 312 g/mol. The number of fused-ring (bicyclic) bond motifs is 1. The molecule has 0 radical (unpaired) electrons. The molecule has 0 unspecified atom stereocenters. The number of nitrogens with one attached hydrogen (secondary N) is 1. The number of ether oxygens (including phenoxy) is 2. The van der Waals surface area contributed by atoms with Gasteiger partial charge in [0.05, 0.1) is 19.9 Å². The molecule has 3 N–H and O–H groups in total. The van der Waals surface area contributed by atoms with Crippen LogP contribution >= 0.6 is 0 Å². The highest BCUT2D eigenvalue weighted by molar-refractivity contribution is 5.92. The molecule has 0 spiro atoms. The van der Waals surface area contributed by atoms with Crippen LogP contribution in [-0.2, 0) is 6.42 Å². The van der Waals surface area contributed by atoms with Gasteiger partial charge in [-0.2, -0.15) is 0 Å². The molecule has 0 saturated heterocycles. The van der Waals surface area contributed by atoms with Gasteiger partial charge >= 0.3 is 0 Å². The number of unbranched alkanes of at least 4 members (excludes halogenated alkanes) is 1. The summed E-state index contributed by atoms with van der Waals surface area (Å²) in [7, 11) is 3.35. The van der Waals surface area contributed by atoms with Crippen LogP contribution in [0.4, 0.5) is 0 Å². The molecule has 0 bridgehead atoms. The second-order valence-corrected chi connectivity index (χ2v) is 6.31. The van der Waals surface area contributed by atoms with Crippen molar-refractivity contribution in [2.45, 2.75) is 26.2 Å². The van der Waals surface area contributed by atoms with Crippen molar-refractivity contribution in [3.63, 3.8) is 0 Å². The highest BCUT2D eigenvalue weighted by atomic mass is 16.5. The molecule has 0 aliphatic heterocycles. The average Bonchev–Trinajstić information content (AvgIpc) is 2.98. The minimum absolute atomic E-state index is 0.721. The van der Waals surface area contributed by atoms with Crippen LogP contribution in [0.5, 0.6) is 11.5 Å². The van der Waals surface area contributed by atoms with Crippen molar-refractivity contribution >= 4 is 10.9 Å². The number of nitrogens with two attached hydrogens (primary N) is 1. The molecule has 0 aliphatic rings. The van der Waals surface area contributed by atoms with Gasteiger partial charge in [-0.1, -0.05) is 17.7 Å². The Bertz CT molecular complexity index is 868. The number of H-pyrrole nitrogens is 1. The molecule has 0 aliphatic carbocycles. The number of aromatic amines is 1. The first-order chi connectivity index (χ1) is 12.2. The van der Waals surface area contributed by atoms with E-state index < -0.39 is 0 Å². The third-order valence-corrected chi connectivity index (χ3v) is 4.61. The number of aromatic nitrogens is 1. The zero-order valence-corrected chi connectivity index (χ0v) is 15.2. The van der Waals surface area contributed by atoms with E-state index in [0.29, 0.717) is 0 Å². The quantitative estimate of drug-likeness (QED) is 0.626. The van der Waals surface area contributed by atoms with Crippen molar-refractivity contribution in [1.29, 1.82) is 0 Å². The molecule has 132 valence electrons. The second-order valence-electron chi connectivity index (χ2n) is 6.31. The second kappa shape index (κ2) is 7.62. The van der Waals surface area contributed by atoms with E-state index in [0.717, 1.165) is 54.1 Å². The summed E-state index contributed by atoms with van der Waals surface area (Å²) in [6.07, 6.45) is 3.07. The van der Waals surface area contributed by atoms with E-state index in [1.807, 2.05) is 12.1 Å². The molecule has 4 heteroatoms. The molecule has 3 rings (SSSR count). The van der Waals surface area contributed by atoms with Gasteiger partial charge in [-0.3, -0.25) is 0 Å². The Hall–Kier alpha value is -2.46. The van der Waals surface area contributed by atoms with Gasteiger partial charge in [0.1, 0.15) is 0 Å². The molecule has 4 nitrogen and oxygen atoms in total. The number of rotatable bonds is 7. The van der Waals surface area contributed by atoms with E-state index in [9.17, 15) is 0 Å². The van der Waals surface area contributed by atoms with Crippen molar-refractivity contribution in [2.75, 3.05) is 20.8 Å². The molecule has 0 saturated carbocycles. The summed E-state index contributed by atoms with van der Waals surface area (Å²) in [5.74, 6) is 1.50. The Balaban J connectivity index is 2.20. The summed E-state index contributed by atoms with van der Waals surface area (Å²) in [6, 6.07) is 12.5.